The largest absolute Gasteiger partial charge is 0.347 e. The molecule has 1 saturated carbocycles. The summed E-state index contributed by atoms with van der Waals surface area (Å²) >= 11 is 0. The lowest BCUT2D eigenvalue weighted by atomic mass is 10.1. The first-order valence-electron chi connectivity index (χ1n) is 9.40. The van der Waals surface area contributed by atoms with Crippen LogP contribution in [0.5, 0.6) is 0 Å². The number of nitrogens with one attached hydrogen (secondary N) is 1. The van der Waals surface area contributed by atoms with E-state index in [9.17, 15) is 9.59 Å². The molecule has 2 amide bonds. The Balaban J connectivity index is 1.45. The third-order valence-electron chi connectivity index (χ3n) is 5.45. The van der Waals surface area contributed by atoms with Gasteiger partial charge in [-0.15, -0.1) is 0 Å². The maximum absolute atomic E-state index is 12.8. The van der Waals surface area contributed by atoms with Gasteiger partial charge in [0.25, 0.3) is 0 Å². The fourth-order valence-electron chi connectivity index (χ4n) is 3.87. The zero-order valence-corrected chi connectivity index (χ0v) is 14.8. The Morgan fingerprint density at radius 3 is 2.42 bits per heavy atom. The number of rotatable bonds is 6. The highest BCUT2D eigenvalue weighted by atomic mass is 16.2. The smallest absolute Gasteiger partial charge is 0.224 e. The lowest BCUT2D eigenvalue weighted by Gasteiger charge is -2.25. The molecule has 4 nitrogen and oxygen atoms in total. The maximum atomic E-state index is 12.8. The number of amides is 2. The van der Waals surface area contributed by atoms with Crippen LogP contribution < -0.4 is 5.32 Å². The van der Waals surface area contributed by atoms with Gasteiger partial charge in [0.1, 0.15) is 0 Å². The Labute approximate surface area is 154 Å². The van der Waals surface area contributed by atoms with Crippen molar-refractivity contribution in [1.29, 1.82) is 0 Å². The van der Waals surface area contributed by atoms with Crippen molar-refractivity contribution in [2.24, 2.45) is 5.92 Å². The van der Waals surface area contributed by atoms with Crippen LogP contribution in [-0.2, 0) is 9.59 Å². The highest BCUT2D eigenvalue weighted by Gasteiger charge is 2.44. The minimum Gasteiger partial charge on any atom is -0.347 e. The van der Waals surface area contributed by atoms with Crippen LogP contribution in [0.2, 0.25) is 0 Å². The van der Waals surface area contributed by atoms with Crippen molar-refractivity contribution in [2.45, 2.75) is 31.2 Å². The lowest BCUT2D eigenvalue weighted by Crippen LogP contribution is -2.39. The Morgan fingerprint density at radius 2 is 1.77 bits per heavy atom. The number of hydrogen-bond acceptors (Lipinski definition) is 2. The Kier molecular flexibility index (Phi) is 4.74. The third-order valence-corrected chi connectivity index (χ3v) is 5.45. The van der Waals surface area contributed by atoms with Crippen LogP contribution in [0.15, 0.2) is 60.7 Å². The third kappa shape index (κ3) is 3.64. The van der Waals surface area contributed by atoms with Gasteiger partial charge in [-0.1, -0.05) is 60.7 Å². The van der Waals surface area contributed by atoms with E-state index < -0.39 is 0 Å². The minimum absolute atomic E-state index is 0.0397. The average molecular weight is 348 g/mol. The summed E-state index contributed by atoms with van der Waals surface area (Å²) < 4.78 is 0. The zero-order chi connectivity index (χ0) is 17.9. The molecule has 1 aliphatic heterocycles. The predicted molar refractivity (Wildman–Crippen MR) is 100 cm³/mol. The molecule has 2 aliphatic rings. The molecule has 26 heavy (non-hydrogen) atoms. The van der Waals surface area contributed by atoms with E-state index in [0.717, 1.165) is 24.9 Å². The van der Waals surface area contributed by atoms with Gasteiger partial charge in [0.15, 0.2) is 0 Å². The Bertz CT molecular complexity index is 775. The second-order valence-corrected chi connectivity index (χ2v) is 7.27. The van der Waals surface area contributed by atoms with Crippen molar-refractivity contribution in [3.8, 4) is 0 Å². The molecular weight excluding hydrogens is 324 g/mol. The van der Waals surface area contributed by atoms with E-state index >= 15 is 0 Å². The summed E-state index contributed by atoms with van der Waals surface area (Å²) in [5.74, 6) is 0.645. The standard InChI is InChI=1S/C22H24N2O2/c25-21-12-7-13-24(21)15-20(17-10-5-2-6-11-17)23-22(26)19-14-18(19)16-8-3-1-4-9-16/h1-6,8-11,18-20H,7,12-15H2,(H,23,26)/t18-,19-,20+/m0/s1. The first kappa shape index (κ1) is 16.8. The van der Waals surface area contributed by atoms with Gasteiger partial charge in [-0.25, -0.2) is 0 Å². The van der Waals surface area contributed by atoms with Gasteiger partial charge in [-0.05, 0) is 29.9 Å². The number of carbonyl (C=O) groups excluding carboxylic acids is 2. The van der Waals surface area contributed by atoms with Crippen LogP contribution in [0.3, 0.4) is 0 Å². The molecule has 1 saturated heterocycles. The van der Waals surface area contributed by atoms with Crippen LogP contribution >= 0.6 is 0 Å². The summed E-state index contributed by atoms with van der Waals surface area (Å²) in [6, 6.07) is 20.0. The van der Waals surface area contributed by atoms with Crippen molar-refractivity contribution in [2.75, 3.05) is 13.1 Å². The molecule has 134 valence electrons. The van der Waals surface area contributed by atoms with Crippen LogP contribution in [0, 0.1) is 5.92 Å². The normalized spacial score (nSPS) is 22.9. The van der Waals surface area contributed by atoms with E-state index in [1.165, 1.54) is 5.56 Å². The van der Waals surface area contributed by atoms with E-state index in [1.807, 2.05) is 53.4 Å². The van der Waals surface area contributed by atoms with Crippen molar-refractivity contribution in [3.63, 3.8) is 0 Å². The summed E-state index contributed by atoms with van der Waals surface area (Å²) in [5, 5.41) is 3.21. The molecular formula is C22H24N2O2. The summed E-state index contributed by atoms with van der Waals surface area (Å²) in [7, 11) is 0. The molecule has 1 heterocycles. The van der Waals surface area contributed by atoms with Crippen LogP contribution in [0.4, 0.5) is 0 Å². The number of likely N-dealkylation sites (tertiary alicyclic amines) is 1. The van der Waals surface area contributed by atoms with Crippen molar-refractivity contribution in [3.05, 3.63) is 71.8 Å². The van der Waals surface area contributed by atoms with Crippen LogP contribution in [0.25, 0.3) is 0 Å². The number of nitrogens with zero attached hydrogens (tertiary/aromatic N) is 1. The van der Waals surface area contributed by atoms with E-state index in [4.69, 9.17) is 0 Å². The second-order valence-electron chi connectivity index (χ2n) is 7.27. The molecule has 0 radical (unpaired) electrons. The monoisotopic (exact) mass is 348 g/mol. The molecule has 0 unspecified atom stereocenters. The van der Waals surface area contributed by atoms with E-state index in [-0.39, 0.29) is 23.8 Å². The van der Waals surface area contributed by atoms with Gasteiger partial charge >= 0.3 is 0 Å². The summed E-state index contributed by atoms with van der Waals surface area (Å²) in [6.07, 6.45) is 2.43. The predicted octanol–water partition coefficient (Wildman–Crippen LogP) is 3.27. The highest BCUT2D eigenvalue weighted by molar-refractivity contribution is 5.83. The zero-order valence-electron chi connectivity index (χ0n) is 14.8. The van der Waals surface area contributed by atoms with Gasteiger partial charge < -0.3 is 10.2 Å². The molecule has 2 fully saturated rings. The highest BCUT2D eigenvalue weighted by Crippen LogP contribution is 2.47. The number of benzene rings is 2. The van der Waals surface area contributed by atoms with Crippen LogP contribution in [-0.4, -0.2) is 29.8 Å². The first-order valence-corrected chi connectivity index (χ1v) is 9.40. The van der Waals surface area contributed by atoms with Crippen molar-refractivity contribution in [1.82, 2.24) is 10.2 Å². The Hall–Kier alpha value is -2.62. The SMILES string of the molecule is O=C(N[C@H](CN1CCCC1=O)c1ccccc1)[C@H]1C[C@H]1c1ccccc1. The van der Waals surface area contributed by atoms with E-state index in [0.29, 0.717) is 18.9 Å². The molecule has 1 N–H and O–H groups in total. The van der Waals surface area contributed by atoms with Crippen molar-refractivity contribution < 1.29 is 9.59 Å². The number of hydrogen-bond donors (Lipinski definition) is 1. The minimum atomic E-state index is -0.150. The molecule has 4 heteroatoms. The second kappa shape index (κ2) is 7.32. The molecule has 0 spiro atoms. The average Bonchev–Trinajstić information content (AvgIpc) is 3.39. The molecule has 0 bridgehead atoms. The topological polar surface area (TPSA) is 49.4 Å². The lowest BCUT2D eigenvalue weighted by molar-refractivity contribution is -0.129. The van der Waals surface area contributed by atoms with Crippen molar-refractivity contribution >= 4 is 11.8 Å². The van der Waals surface area contributed by atoms with Gasteiger partial charge in [0, 0.05) is 25.4 Å². The molecule has 0 aromatic heterocycles. The molecule has 4 rings (SSSR count). The van der Waals surface area contributed by atoms with Gasteiger partial charge in [0.05, 0.1) is 6.04 Å². The fraction of sp³-hybridized carbons (Fsp3) is 0.364. The van der Waals surface area contributed by atoms with E-state index in [1.54, 1.807) is 0 Å². The molecule has 2 aromatic carbocycles. The van der Waals surface area contributed by atoms with Crippen LogP contribution in [0.1, 0.15) is 42.3 Å². The first-order chi connectivity index (χ1) is 12.7. The molecule has 1 aliphatic carbocycles. The van der Waals surface area contributed by atoms with E-state index in [2.05, 4.69) is 17.4 Å². The van der Waals surface area contributed by atoms with Gasteiger partial charge in [-0.2, -0.15) is 0 Å². The fourth-order valence-corrected chi connectivity index (χ4v) is 3.87. The van der Waals surface area contributed by atoms with Gasteiger partial charge in [0.2, 0.25) is 11.8 Å². The number of carbonyl (C=O) groups is 2. The Morgan fingerprint density at radius 1 is 1.08 bits per heavy atom. The quantitative estimate of drug-likeness (QED) is 0.871. The summed E-state index contributed by atoms with van der Waals surface area (Å²) in [5.41, 5.74) is 2.29. The molecule has 3 atom stereocenters. The summed E-state index contributed by atoms with van der Waals surface area (Å²) in [6.45, 7) is 1.34. The summed E-state index contributed by atoms with van der Waals surface area (Å²) in [4.78, 5) is 26.7. The maximum Gasteiger partial charge on any atom is 0.224 e. The van der Waals surface area contributed by atoms with Gasteiger partial charge in [-0.3, -0.25) is 9.59 Å². The molecule has 2 aromatic rings.